The summed E-state index contributed by atoms with van der Waals surface area (Å²) in [6.45, 7) is 1.98. The largest absolute Gasteiger partial charge is 0.450 e. The van der Waals surface area contributed by atoms with Crippen molar-refractivity contribution in [1.29, 1.82) is 0 Å². The van der Waals surface area contributed by atoms with Crippen LogP contribution >= 0.6 is 15.9 Å². The summed E-state index contributed by atoms with van der Waals surface area (Å²) in [5, 5.41) is 11.1. The molecule has 0 aliphatic rings. The molecule has 0 unspecified atom stereocenters. The van der Waals surface area contributed by atoms with Gasteiger partial charge in [-0.05, 0) is 24.6 Å². The minimum Gasteiger partial charge on any atom is -0.450 e. The summed E-state index contributed by atoms with van der Waals surface area (Å²) in [5.41, 5.74) is 6.79. The third-order valence-corrected chi connectivity index (χ3v) is 3.59. The van der Waals surface area contributed by atoms with Crippen molar-refractivity contribution in [3.05, 3.63) is 62.6 Å². The smallest absolute Gasteiger partial charge is 0.312 e. The van der Waals surface area contributed by atoms with E-state index in [4.69, 9.17) is 10.5 Å². The number of nitrogens with zero attached hydrogens (tertiary/aromatic N) is 1. The summed E-state index contributed by atoms with van der Waals surface area (Å²) >= 11 is 3.22. The van der Waals surface area contributed by atoms with Crippen LogP contribution in [0.3, 0.4) is 0 Å². The van der Waals surface area contributed by atoms with Gasteiger partial charge in [-0.15, -0.1) is 0 Å². The zero-order valence-corrected chi connectivity index (χ0v) is 13.0. The van der Waals surface area contributed by atoms with E-state index in [2.05, 4.69) is 15.9 Å². The molecule has 0 aliphatic heterocycles. The minimum atomic E-state index is -0.470. The fourth-order valence-corrected chi connectivity index (χ4v) is 2.29. The number of nitro benzene ring substituents is 1. The van der Waals surface area contributed by atoms with Gasteiger partial charge in [0, 0.05) is 22.1 Å². The number of nitro groups is 1. The molecule has 0 radical (unpaired) electrons. The number of halogens is 1. The normalized spacial score (nSPS) is 12.0. The van der Waals surface area contributed by atoms with E-state index in [9.17, 15) is 10.1 Å². The summed E-state index contributed by atoms with van der Waals surface area (Å²) in [7, 11) is 0. The van der Waals surface area contributed by atoms with Gasteiger partial charge >= 0.3 is 5.69 Å². The lowest BCUT2D eigenvalue weighted by atomic mass is 10.0. The van der Waals surface area contributed by atoms with Gasteiger partial charge in [0.1, 0.15) is 5.75 Å². The molecule has 0 aliphatic carbocycles. The second-order valence-corrected chi connectivity index (χ2v) is 5.44. The highest BCUT2D eigenvalue weighted by molar-refractivity contribution is 9.10. The molecule has 0 bridgehead atoms. The van der Waals surface area contributed by atoms with Gasteiger partial charge in [-0.3, -0.25) is 10.1 Å². The van der Waals surface area contributed by atoms with E-state index in [1.165, 1.54) is 6.07 Å². The Labute approximate surface area is 131 Å². The standard InChI is InChI=1S/C15H15BrN2O3/c1-2-12(17)11-5-3-4-6-14(11)21-15-8-7-10(16)9-13(15)18(19)20/h3-9,12H,2,17H2,1H3/t12-/m0/s1. The van der Waals surface area contributed by atoms with Crippen LogP contribution in [0.1, 0.15) is 24.9 Å². The molecular formula is C15H15BrN2O3. The number of benzene rings is 2. The van der Waals surface area contributed by atoms with Crippen LogP contribution in [0, 0.1) is 10.1 Å². The number of para-hydroxylation sites is 1. The lowest BCUT2D eigenvalue weighted by Crippen LogP contribution is -2.09. The van der Waals surface area contributed by atoms with Crippen molar-refractivity contribution in [2.75, 3.05) is 0 Å². The molecule has 1 atom stereocenters. The van der Waals surface area contributed by atoms with E-state index in [0.717, 1.165) is 12.0 Å². The molecule has 0 spiro atoms. The van der Waals surface area contributed by atoms with Gasteiger partial charge in [-0.25, -0.2) is 0 Å². The van der Waals surface area contributed by atoms with E-state index in [1.807, 2.05) is 25.1 Å². The Hall–Kier alpha value is -1.92. The van der Waals surface area contributed by atoms with Crippen LogP contribution in [0.5, 0.6) is 11.5 Å². The molecule has 2 N–H and O–H groups in total. The number of rotatable bonds is 5. The van der Waals surface area contributed by atoms with Crippen molar-refractivity contribution in [3.8, 4) is 11.5 Å². The van der Waals surface area contributed by atoms with Gasteiger partial charge in [0.05, 0.1) is 4.92 Å². The van der Waals surface area contributed by atoms with Gasteiger partial charge in [0.15, 0.2) is 0 Å². The molecule has 6 heteroatoms. The summed E-state index contributed by atoms with van der Waals surface area (Å²) in [5.74, 6) is 0.733. The second-order valence-electron chi connectivity index (χ2n) is 4.52. The molecule has 2 aromatic carbocycles. The van der Waals surface area contributed by atoms with E-state index < -0.39 is 4.92 Å². The fourth-order valence-electron chi connectivity index (χ4n) is 1.94. The van der Waals surface area contributed by atoms with Crippen LogP contribution in [0.4, 0.5) is 5.69 Å². The molecule has 0 aromatic heterocycles. The third kappa shape index (κ3) is 3.59. The molecule has 5 nitrogen and oxygen atoms in total. The van der Waals surface area contributed by atoms with Crippen molar-refractivity contribution in [2.24, 2.45) is 5.73 Å². The zero-order valence-electron chi connectivity index (χ0n) is 11.5. The van der Waals surface area contributed by atoms with E-state index in [0.29, 0.717) is 10.2 Å². The van der Waals surface area contributed by atoms with E-state index in [1.54, 1.807) is 18.2 Å². The molecule has 110 valence electrons. The summed E-state index contributed by atoms with van der Waals surface area (Å²) in [6.07, 6.45) is 0.753. The highest BCUT2D eigenvalue weighted by atomic mass is 79.9. The van der Waals surface area contributed by atoms with Crippen LogP contribution in [0.25, 0.3) is 0 Å². The van der Waals surface area contributed by atoms with Crippen LogP contribution in [0.2, 0.25) is 0 Å². The predicted octanol–water partition coefficient (Wildman–Crippen LogP) is 4.56. The van der Waals surface area contributed by atoms with Gasteiger partial charge < -0.3 is 10.5 Å². The molecule has 0 saturated carbocycles. The molecule has 0 fully saturated rings. The van der Waals surface area contributed by atoms with Crippen LogP contribution in [-0.2, 0) is 0 Å². The first-order valence-electron chi connectivity index (χ1n) is 6.49. The third-order valence-electron chi connectivity index (χ3n) is 3.10. The lowest BCUT2D eigenvalue weighted by Gasteiger charge is -2.15. The second kappa shape index (κ2) is 6.69. The predicted molar refractivity (Wildman–Crippen MR) is 84.5 cm³/mol. The monoisotopic (exact) mass is 350 g/mol. The fraction of sp³-hybridized carbons (Fsp3) is 0.200. The topological polar surface area (TPSA) is 78.4 Å². The van der Waals surface area contributed by atoms with Crippen molar-refractivity contribution >= 4 is 21.6 Å². The Morgan fingerprint density at radius 2 is 2.00 bits per heavy atom. The molecule has 0 amide bonds. The molecule has 2 rings (SSSR count). The molecule has 21 heavy (non-hydrogen) atoms. The molecular weight excluding hydrogens is 336 g/mol. The summed E-state index contributed by atoms with van der Waals surface area (Å²) in [4.78, 5) is 10.6. The number of hydrogen-bond donors (Lipinski definition) is 1. The Bertz CT molecular complexity index is 661. The summed E-state index contributed by atoms with van der Waals surface area (Å²) < 4.78 is 6.36. The first kappa shape index (κ1) is 15.5. The SMILES string of the molecule is CC[C@H](N)c1ccccc1Oc1ccc(Br)cc1[N+](=O)[O-]. The number of ether oxygens (including phenoxy) is 1. The maximum absolute atomic E-state index is 11.1. The van der Waals surface area contributed by atoms with Crippen molar-refractivity contribution in [1.82, 2.24) is 0 Å². The molecule has 2 aromatic rings. The first-order valence-corrected chi connectivity index (χ1v) is 7.28. The van der Waals surface area contributed by atoms with Gasteiger partial charge in [-0.1, -0.05) is 41.1 Å². The minimum absolute atomic E-state index is 0.0933. The Morgan fingerprint density at radius 1 is 1.29 bits per heavy atom. The maximum atomic E-state index is 11.1. The maximum Gasteiger partial charge on any atom is 0.312 e. The van der Waals surface area contributed by atoms with Crippen molar-refractivity contribution in [3.63, 3.8) is 0 Å². The van der Waals surface area contributed by atoms with Gasteiger partial charge in [0.2, 0.25) is 5.75 Å². The Morgan fingerprint density at radius 3 is 2.67 bits per heavy atom. The van der Waals surface area contributed by atoms with E-state index >= 15 is 0 Å². The zero-order chi connectivity index (χ0) is 15.4. The molecule has 0 saturated heterocycles. The van der Waals surface area contributed by atoms with Crippen molar-refractivity contribution in [2.45, 2.75) is 19.4 Å². The van der Waals surface area contributed by atoms with Gasteiger partial charge in [0.25, 0.3) is 0 Å². The molecule has 0 heterocycles. The highest BCUT2D eigenvalue weighted by Gasteiger charge is 2.18. The highest BCUT2D eigenvalue weighted by Crippen LogP contribution is 2.36. The van der Waals surface area contributed by atoms with Crippen LogP contribution in [0.15, 0.2) is 46.9 Å². The average Bonchev–Trinajstić information content (AvgIpc) is 2.48. The van der Waals surface area contributed by atoms with Crippen LogP contribution in [-0.4, -0.2) is 4.92 Å². The van der Waals surface area contributed by atoms with Crippen molar-refractivity contribution < 1.29 is 9.66 Å². The summed E-state index contributed by atoms with van der Waals surface area (Å²) in [6, 6.07) is 11.8. The Kier molecular flexibility index (Phi) is 4.93. The number of nitrogens with two attached hydrogens (primary N) is 1. The lowest BCUT2D eigenvalue weighted by molar-refractivity contribution is -0.385. The Balaban J connectivity index is 2.41. The number of hydrogen-bond acceptors (Lipinski definition) is 4. The first-order chi connectivity index (χ1) is 10.0. The van der Waals surface area contributed by atoms with Crippen LogP contribution < -0.4 is 10.5 Å². The van der Waals surface area contributed by atoms with Gasteiger partial charge in [-0.2, -0.15) is 0 Å². The average molecular weight is 351 g/mol. The quantitative estimate of drug-likeness (QED) is 0.633. The van der Waals surface area contributed by atoms with E-state index in [-0.39, 0.29) is 17.5 Å².